The van der Waals surface area contributed by atoms with Gasteiger partial charge in [0.25, 0.3) is 0 Å². The number of rotatable bonds is 4. The van der Waals surface area contributed by atoms with Gasteiger partial charge < -0.3 is 19.3 Å². The predicted molar refractivity (Wildman–Crippen MR) is 75.5 cm³/mol. The third-order valence-electron chi connectivity index (χ3n) is 5.10. The van der Waals surface area contributed by atoms with Crippen molar-refractivity contribution in [3.63, 3.8) is 0 Å². The van der Waals surface area contributed by atoms with Gasteiger partial charge in [0, 0.05) is 7.11 Å². The molecule has 114 valence electrons. The highest BCUT2D eigenvalue weighted by Gasteiger charge is 2.71. The molecular weight excluding hydrogens is 256 g/mol. The number of aliphatic hydroxyl groups is 1. The minimum Gasteiger partial charge on any atom is -0.390 e. The van der Waals surface area contributed by atoms with Gasteiger partial charge in [-0.25, -0.2) is 0 Å². The quantitative estimate of drug-likeness (QED) is 0.632. The van der Waals surface area contributed by atoms with Gasteiger partial charge in [-0.2, -0.15) is 0 Å². The van der Waals surface area contributed by atoms with Crippen molar-refractivity contribution < 1.29 is 19.3 Å². The Bertz CT molecular complexity index is 401. The highest BCUT2D eigenvalue weighted by molar-refractivity contribution is 5.23. The molecule has 6 atom stereocenters. The van der Waals surface area contributed by atoms with Crippen LogP contribution in [0.5, 0.6) is 0 Å². The van der Waals surface area contributed by atoms with Crippen LogP contribution < -0.4 is 0 Å². The Labute approximate surface area is 121 Å². The molecular formula is C16H26O4. The summed E-state index contributed by atoms with van der Waals surface area (Å²) in [4.78, 5) is 0. The molecule has 1 spiro atoms. The number of epoxide rings is 2. The molecule has 20 heavy (non-hydrogen) atoms. The van der Waals surface area contributed by atoms with Gasteiger partial charge in [0.05, 0.1) is 30.3 Å². The van der Waals surface area contributed by atoms with Crippen molar-refractivity contribution in [1.29, 1.82) is 0 Å². The summed E-state index contributed by atoms with van der Waals surface area (Å²) in [5.74, 6) is 0.621. The van der Waals surface area contributed by atoms with Crippen LogP contribution in [0.1, 0.15) is 33.6 Å². The van der Waals surface area contributed by atoms with Crippen LogP contribution >= 0.6 is 0 Å². The lowest BCUT2D eigenvalue weighted by Gasteiger charge is -2.41. The number of ether oxygens (including phenoxy) is 3. The number of hydrogen-bond acceptors (Lipinski definition) is 4. The molecule has 0 amide bonds. The zero-order valence-corrected chi connectivity index (χ0v) is 12.8. The molecule has 2 heterocycles. The van der Waals surface area contributed by atoms with Crippen molar-refractivity contribution in [2.45, 2.75) is 63.1 Å². The zero-order valence-electron chi connectivity index (χ0n) is 12.8. The number of methoxy groups -OCH3 is 1. The van der Waals surface area contributed by atoms with E-state index in [0.717, 1.165) is 19.4 Å². The van der Waals surface area contributed by atoms with Gasteiger partial charge >= 0.3 is 0 Å². The zero-order chi connectivity index (χ0) is 14.5. The van der Waals surface area contributed by atoms with E-state index in [1.54, 1.807) is 7.11 Å². The predicted octanol–water partition coefficient (Wildman–Crippen LogP) is 1.91. The first kappa shape index (κ1) is 14.5. The molecule has 4 nitrogen and oxygen atoms in total. The summed E-state index contributed by atoms with van der Waals surface area (Å²) in [7, 11) is 1.67. The minimum atomic E-state index is -0.421. The highest BCUT2D eigenvalue weighted by Crippen LogP contribution is 2.58. The summed E-state index contributed by atoms with van der Waals surface area (Å²) in [6.45, 7) is 7.21. The Morgan fingerprint density at radius 1 is 1.40 bits per heavy atom. The second kappa shape index (κ2) is 4.80. The van der Waals surface area contributed by atoms with E-state index in [0.29, 0.717) is 5.92 Å². The van der Waals surface area contributed by atoms with Crippen molar-refractivity contribution in [3.05, 3.63) is 12.2 Å². The van der Waals surface area contributed by atoms with Crippen LogP contribution in [0.3, 0.4) is 0 Å². The Morgan fingerprint density at radius 2 is 2.10 bits per heavy atom. The molecule has 2 aliphatic heterocycles. The molecule has 0 aromatic heterocycles. The Kier molecular flexibility index (Phi) is 3.49. The summed E-state index contributed by atoms with van der Waals surface area (Å²) in [5.41, 5.74) is -0.404. The van der Waals surface area contributed by atoms with E-state index in [1.807, 2.05) is 0 Å². The molecule has 2 saturated heterocycles. The first-order chi connectivity index (χ1) is 9.43. The van der Waals surface area contributed by atoms with Gasteiger partial charge in [-0.05, 0) is 25.7 Å². The molecule has 0 bridgehead atoms. The van der Waals surface area contributed by atoms with Crippen LogP contribution in [0.15, 0.2) is 12.2 Å². The van der Waals surface area contributed by atoms with Crippen LogP contribution in [0, 0.1) is 11.8 Å². The topological polar surface area (TPSA) is 54.5 Å². The second-order valence-electron chi connectivity index (χ2n) is 6.99. The third kappa shape index (κ3) is 2.23. The van der Waals surface area contributed by atoms with Gasteiger partial charge in [0.2, 0.25) is 0 Å². The monoisotopic (exact) mass is 282 g/mol. The maximum absolute atomic E-state index is 10.2. The number of aliphatic hydroxyl groups excluding tert-OH is 1. The fourth-order valence-electron chi connectivity index (χ4n) is 3.84. The molecule has 0 aromatic carbocycles. The largest absolute Gasteiger partial charge is 0.390 e. The van der Waals surface area contributed by atoms with Gasteiger partial charge in [0.15, 0.2) is 0 Å². The molecule has 0 radical (unpaired) electrons. The maximum Gasteiger partial charge on any atom is 0.106 e. The lowest BCUT2D eigenvalue weighted by Crippen LogP contribution is -2.54. The van der Waals surface area contributed by atoms with Crippen LogP contribution in [0.4, 0.5) is 0 Å². The van der Waals surface area contributed by atoms with E-state index in [1.165, 1.54) is 0 Å². The van der Waals surface area contributed by atoms with Crippen LogP contribution in [0.2, 0.25) is 0 Å². The minimum absolute atomic E-state index is 0.102. The van der Waals surface area contributed by atoms with Gasteiger partial charge in [0.1, 0.15) is 11.7 Å². The van der Waals surface area contributed by atoms with Crippen molar-refractivity contribution in [1.82, 2.24) is 0 Å². The van der Waals surface area contributed by atoms with Gasteiger partial charge in [-0.15, -0.1) is 0 Å². The van der Waals surface area contributed by atoms with Crippen molar-refractivity contribution in [3.8, 4) is 0 Å². The number of hydrogen-bond donors (Lipinski definition) is 1. The van der Waals surface area contributed by atoms with Crippen molar-refractivity contribution in [2.24, 2.45) is 11.8 Å². The SMILES string of the molecule is CO[C@@H]1C(O)CC[C@]2(CO2)[C@H]1[C@@]1(C)O[C@@H]1/C=C/C(C)C. The maximum atomic E-state index is 10.2. The molecule has 0 aromatic rings. The molecule has 1 saturated carbocycles. The molecule has 1 aliphatic carbocycles. The molecule has 1 unspecified atom stereocenters. The molecule has 3 aliphatic rings. The summed E-state index contributed by atoms with van der Waals surface area (Å²) < 4.78 is 17.4. The molecule has 3 fully saturated rings. The van der Waals surface area contributed by atoms with E-state index < -0.39 is 6.10 Å². The molecule has 3 rings (SSSR count). The Morgan fingerprint density at radius 3 is 2.65 bits per heavy atom. The highest BCUT2D eigenvalue weighted by atomic mass is 16.6. The lowest BCUT2D eigenvalue weighted by molar-refractivity contribution is -0.116. The Hall–Kier alpha value is -0.420. The van der Waals surface area contributed by atoms with Crippen molar-refractivity contribution in [2.75, 3.05) is 13.7 Å². The first-order valence-electron chi connectivity index (χ1n) is 7.64. The van der Waals surface area contributed by atoms with E-state index >= 15 is 0 Å². The van der Waals surface area contributed by atoms with E-state index in [2.05, 4.69) is 32.9 Å². The van der Waals surface area contributed by atoms with Gasteiger partial charge in [-0.1, -0.05) is 26.0 Å². The molecule has 1 N–H and O–H groups in total. The Balaban J connectivity index is 1.80. The number of allylic oxidation sites excluding steroid dienone is 1. The first-order valence-corrected chi connectivity index (χ1v) is 7.64. The average Bonchev–Trinajstić information content (AvgIpc) is 3.29. The second-order valence-corrected chi connectivity index (χ2v) is 6.99. The van der Waals surface area contributed by atoms with Crippen molar-refractivity contribution >= 4 is 0 Å². The smallest absolute Gasteiger partial charge is 0.106 e. The van der Waals surface area contributed by atoms with E-state index in [4.69, 9.17) is 14.2 Å². The average molecular weight is 282 g/mol. The summed E-state index contributed by atoms with van der Waals surface area (Å²) >= 11 is 0. The van der Waals surface area contributed by atoms with Crippen LogP contribution in [0.25, 0.3) is 0 Å². The fraction of sp³-hybridized carbons (Fsp3) is 0.875. The van der Waals surface area contributed by atoms with Gasteiger partial charge in [-0.3, -0.25) is 0 Å². The summed E-state index contributed by atoms with van der Waals surface area (Å²) in [6.07, 6.45) is 5.46. The lowest BCUT2D eigenvalue weighted by atomic mass is 9.68. The standard InChI is InChI=1S/C16H26O4/c1-10(2)5-6-12-15(3,20-12)14-13(18-4)11(17)7-8-16(14)9-19-16/h5-6,10-14,17H,7-9H2,1-4H3/b6-5+/t11?,12-,13-,14-,15+,16+/m1/s1. The third-order valence-corrected chi connectivity index (χ3v) is 5.10. The van der Waals surface area contributed by atoms with E-state index in [9.17, 15) is 5.11 Å². The normalized spacial score (nSPS) is 51.1. The summed E-state index contributed by atoms with van der Waals surface area (Å²) in [6, 6.07) is 0. The summed E-state index contributed by atoms with van der Waals surface area (Å²) in [5, 5.41) is 10.2. The fourth-order valence-corrected chi connectivity index (χ4v) is 3.84. The van der Waals surface area contributed by atoms with Crippen LogP contribution in [-0.4, -0.2) is 48.3 Å². The van der Waals surface area contributed by atoms with E-state index in [-0.39, 0.29) is 29.3 Å². The molecule has 4 heteroatoms. The van der Waals surface area contributed by atoms with Crippen LogP contribution in [-0.2, 0) is 14.2 Å².